The number of nitrogens with zero attached hydrogens (tertiary/aromatic N) is 3. The van der Waals surface area contributed by atoms with Crippen LogP contribution in [0.2, 0.25) is 5.02 Å². The molecule has 10 heteroatoms. The second-order valence-corrected chi connectivity index (χ2v) is 9.03. The van der Waals surface area contributed by atoms with Gasteiger partial charge in [0.2, 0.25) is 5.96 Å². The number of hydrogen-bond donors (Lipinski definition) is 2. The van der Waals surface area contributed by atoms with Gasteiger partial charge in [-0.15, -0.1) is 0 Å². The van der Waals surface area contributed by atoms with Crippen LogP contribution < -0.4 is 10.6 Å². The second kappa shape index (κ2) is 11.8. The maximum atomic E-state index is 13.6. The third-order valence-corrected chi connectivity index (χ3v) is 6.19. The van der Waals surface area contributed by atoms with Gasteiger partial charge in [-0.25, -0.2) is 18.8 Å². The second-order valence-electron chi connectivity index (χ2n) is 8.59. The molecule has 3 aromatic rings. The number of aromatic nitrogens is 2. The van der Waals surface area contributed by atoms with Gasteiger partial charge in [-0.2, -0.15) is 0 Å². The highest BCUT2D eigenvalue weighted by Gasteiger charge is 2.24. The number of ketones is 1. The van der Waals surface area contributed by atoms with Gasteiger partial charge in [0.25, 0.3) is 5.91 Å². The maximum absolute atomic E-state index is 13.6. The van der Waals surface area contributed by atoms with Crippen LogP contribution in [0, 0.1) is 17.6 Å². The van der Waals surface area contributed by atoms with E-state index in [0.29, 0.717) is 22.8 Å². The molecule has 1 heterocycles. The average Bonchev–Trinajstić information content (AvgIpc) is 2.87. The molecule has 0 spiro atoms. The van der Waals surface area contributed by atoms with Crippen LogP contribution >= 0.6 is 11.6 Å². The van der Waals surface area contributed by atoms with Crippen molar-refractivity contribution in [2.45, 2.75) is 38.1 Å². The Hall–Kier alpha value is -3.72. The zero-order valence-electron chi connectivity index (χ0n) is 19.3. The lowest BCUT2D eigenvalue weighted by molar-refractivity contribution is 0.0940. The van der Waals surface area contributed by atoms with Crippen molar-refractivity contribution < 1.29 is 18.4 Å². The summed E-state index contributed by atoms with van der Waals surface area (Å²) in [4.78, 5) is 37.9. The molecule has 1 saturated carbocycles. The largest absolute Gasteiger partial charge is 0.326 e. The molecule has 0 unspecified atom stereocenters. The first-order valence-corrected chi connectivity index (χ1v) is 11.9. The Labute approximate surface area is 212 Å². The summed E-state index contributed by atoms with van der Waals surface area (Å²) in [6.45, 7) is 0. The Bertz CT molecular complexity index is 1260. The van der Waals surface area contributed by atoms with Crippen molar-refractivity contribution in [3.05, 3.63) is 89.0 Å². The molecule has 1 aromatic heterocycles. The molecule has 36 heavy (non-hydrogen) atoms. The molecular weight excluding hydrogens is 488 g/mol. The van der Waals surface area contributed by atoms with Gasteiger partial charge in [0, 0.05) is 35.1 Å². The molecule has 0 radical (unpaired) electrons. The number of carbonyl (C=O) groups excluding carboxylic acids is 2. The van der Waals surface area contributed by atoms with E-state index in [1.54, 1.807) is 24.3 Å². The summed E-state index contributed by atoms with van der Waals surface area (Å²) in [5, 5.41) is 6.21. The smallest absolute Gasteiger partial charge is 0.258 e. The van der Waals surface area contributed by atoms with Gasteiger partial charge < -0.3 is 5.32 Å². The van der Waals surface area contributed by atoms with Crippen LogP contribution in [0.4, 0.5) is 14.5 Å². The highest BCUT2D eigenvalue weighted by molar-refractivity contribution is 6.31. The lowest BCUT2D eigenvalue weighted by atomic mass is 9.83. The summed E-state index contributed by atoms with van der Waals surface area (Å²) in [5.74, 6) is -2.42. The zero-order valence-corrected chi connectivity index (χ0v) is 20.0. The minimum absolute atomic E-state index is 0.0304. The Morgan fingerprint density at radius 1 is 1.03 bits per heavy atom. The first-order valence-electron chi connectivity index (χ1n) is 11.5. The highest BCUT2D eigenvalue weighted by Crippen LogP contribution is 2.29. The molecule has 2 aromatic carbocycles. The van der Waals surface area contributed by atoms with E-state index in [1.807, 2.05) is 0 Å². The number of anilines is 1. The van der Waals surface area contributed by atoms with Crippen molar-refractivity contribution in [2.24, 2.45) is 10.9 Å². The van der Waals surface area contributed by atoms with Gasteiger partial charge in [0.05, 0.1) is 12.2 Å². The summed E-state index contributed by atoms with van der Waals surface area (Å²) in [5.41, 5.74) is 0.932. The number of Topliss-reactive ketones (excluding diaryl/α,β-unsaturated/α-hetero) is 1. The first kappa shape index (κ1) is 25.4. The number of amides is 1. The van der Waals surface area contributed by atoms with Gasteiger partial charge in [0.1, 0.15) is 5.69 Å². The summed E-state index contributed by atoms with van der Waals surface area (Å²) in [7, 11) is 0. The fraction of sp³-hybridized carbons (Fsp3) is 0.269. The van der Waals surface area contributed by atoms with Crippen LogP contribution in [-0.2, 0) is 0 Å². The zero-order chi connectivity index (χ0) is 25.5. The van der Waals surface area contributed by atoms with Crippen molar-refractivity contribution in [1.82, 2.24) is 15.3 Å². The number of rotatable bonds is 6. The topological polar surface area (TPSA) is 96.3 Å². The van der Waals surface area contributed by atoms with Gasteiger partial charge in [-0.1, -0.05) is 17.7 Å². The van der Waals surface area contributed by atoms with Crippen molar-refractivity contribution in [3.63, 3.8) is 0 Å². The number of halogens is 3. The van der Waals surface area contributed by atoms with E-state index in [-0.39, 0.29) is 29.3 Å². The van der Waals surface area contributed by atoms with Crippen LogP contribution in [0.1, 0.15) is 53.0 Å². The Balaban J connectivity index is 1.43. The molecule has 2 N–H and O–H groups in total. The van der Waals surface area contributed by atoms with E-state index in [2.05, 4.69) is 20.6 Å². The number of hydrogen-bond acceptors (Lipinski definition) is 5. The number of nitrogens with one attached hydrogen (secondary N) is 2. The van der Waals surface area contributed by atoms with Crippen LogP contribution in [0.15, 0.2) is 66.0 Å². The number of benzene rings is 2. The van der Waals surface area contributed by atoms with Gasteiger partial charge in [-0.3, -0.25) is 19.9 Å². The van der Waals surface area contributed by atoms with Gasteiger partial charge in [0.15, 0.2) is 17.4 Å². The molecule has 186 valence electrons. The monoisotopic (exact) mass is 511 g/mol. The van der Waals surface area contributed by atoms with E-state index in [9.17, 15) is 18.4 Å². The minimum atomic E-state index is -1.11. The molecule has 1 amide bonds. The maximum Gasteiger partial charge on any atom is 0.258 e. The lowest BCUT2D eigenvalue weighted by Crippen LogP contribution is -2.37. The van der Waals surface area contributed by atoms with Crippen molar-refractivity contribution in [2.75, 3.05) is 5.32 Å². The van der Waals surface area contributed by atoms with E-state index in [1.165, 1.54) is 24.7 Å². The fourth-order valence-corrected chi connectivity index (χ4v) is 4.28. The van der Waals surface area contributed by atoms with E-state index < -0.39 is 17.5 Å². The normalized spacial score (nSPS) is 17.9. The van der Waals surface area contributed by atoms with Crippen LogP contribution in [0.25, 0.3) is 0 Å². The molecule has 1 fully saturated rings. The average molecular weight is 512 g/mol. The quantitative estimate of drug-likeness (QED) is 0.261. The SMILES string of the molecule is O=C(NC(=NC1CCC(CC(=O)c2cnccn2)CC1)Nc1cccc(Cl)c1)c1ccc(F)c(F)c1. The molecule has 0 aliphatic heterocycles. The molecule has 0 atom stereocenters. The molecule has 0 bridgehead atoms. The molecule has 4 rings (SSSR count). The van der Waals surface area contributed by atoms with Crippen molar-refractivity contribution in [1.29, 1.82) is 0 Å². The number of aliphatic imine (C=N–C) groups is 1. The predicted molar refractivity (Wildman–Crippen MR) is 133 cm³/mol. The van der Waals surface area contributed by atoms with E-state index >= 15 is 0 Å². The third-order valence-electron chi connectivity index (χ3n) is 5.95. The number of guanidine groups is 1. The fourth-order valence-electron chi connectivity index (χ4n) is 4.09. The van der Waals surface area contributed by atoms with E-state index in [4.69, 9.17) is 16.6 Å². The molecule has 1 aliphatic rings. The lowest BCUT2D eigenvalue weighted by Gasteiger charge is -2.26. The van der Waals surface area contributed by atoms with E-state index in [0.717, 1.165) is 37.8 Å². The van der Waals surface area contributed by atoms with Crippen molar-refractivity contribution in [3.8, 4) is 0 Å². The van der Waals surface area contributed by atoms with Crippen molar-refractivity contribution >= 4 is 34.9 Å². The summed E-state index contributed by atoms with van der Waals surface area (Å²) >= 11 is 6.08. The van der Waals surface area contributed by atoms with Crippen LogP contribution in [0.5, 0.6) is 0 Å². The summed E-state index contributed by atoms with van der Waals surface area (Å²) < 4.78 is 26.9. The Morgan fingerprint density at radius 2 is 1.83 bits per heavy atom. The summed E-state index contributed by atoms with van der Waals surface area (Å²) in [6.07, 6.45) is 7.93. The standard InChI is InChI=1S/C26H24ClF2N5O2/c27-18-2-1-3-20(14-18)33-26(34-25(36)17-6-9-21(28)22(29)13-17)32-19-7-4-16(5-8-19)12-24(35)23-15-30-10-11-31-23/h1-3,6,9-11,13-16,19H,4-5,7-8,12H2,(H2,32,33,34,36). The third kappa shape index (κ3) is 6.91. The Morgan fingerprint density at radius 3 is 2.53 bits per heavy atom. The highest BCUT2D eigenvalue weighted by atomic mass is 35.5. The van der Waals surface area contributed by atoms with Gasteiger partial charge in [-0.05, 0) is 68.0 Å². The molecular formula is C26H24ClF2N5O2. The van der Waals surface area contributed by atoms with Crippen LogP contribution in [0.3, 0.4) is 0 Å². The minimum Gasteiger partial charge on any atom is -0.326 e. The Kier molecular flexibility index (Phi) is 8.32. The molecule has 1 aliphatic carbocycles. The molecule has 7 nitrogen and oxygen atoms in total. The number of carbonyl (C=O) groups is 2. The van der Waals surface area contributed by atoms with Crippen LogP contribution in [-0.4, -0.2) is 33.7 Å². The van der Waals surface area contributed by atoms with Gasteiger partial charge >= 0.3 is 0 Å². The predicted octanol–water partition coefficient (Wildman–Crippen LogP) is 5.44. The first-order chi connectivity index (χ1) is 17.4. The summed E-state index contributed by atoms with van der Waals surface area (Å²) in [6, 6.07) is 9.74. The molecule has 0 saturated heterocycles.